The second kappa shape index (κ2) is 3.62. The Bertz CT molecular complexity index is 530. The lowest BCUT2D eigenvalue weighted by atomic mass is 10.1. The van der Waals surface area contributed by atoms with E-state index >= 15 is 0 Å². The first-order valence-corrected chi connectivity index (χ1v) is 4.45. The van der Waals surface area contributed by atoms with Gasteiger partial charge < -0.3 is 0 Å². The predicted octanol–water partition coefficient (Wildman–Crippen LogP) is 2.73. The van der Waals surface area contributed by atoms with E-state index in [4.69, 9.17) is 11.6 Å². The minimum absolute atomic E-state index is 0.421. The zero-order chi connectivity index (χ0) is 9.97. The number of pyridine rings is 1. The number of halogens is 1. The van der Waals surface area contributed by atoms with Crippen molar-refractivity contribution in [2.24, 2.45) is 0 Å². The third-order valence-electron chi connectivity index (χ3n) is 1.93. The standard InChI is InChI=1S/C11H6ClNO/c12-10-5-4-8-2-1-3-9(6-7-14)11(8)13-10/h1-6H. The van der Waals surface area contributed by atoms with E-state index in [2.05, 4.69) is 4.98 Å². The van der Waals surface area contributed by atoms with Crippen LogP contribution in [0.5, 0.6) is 0 Å². The fraction of sp³-hybridized carbons (Fsp3) is 0. The van der Waals surface area contributed by atoms with Crippen LogP contribution in [0.15, 0.2) is 30.3 Å². The SMILES string of the molecule is O=C=Cc1cccc2ccc(Cl)nc12. The van der Waals surface area contributed by atoms with Gasteiger partial charge in [0, 0.05) is 17.0 Å². The van der Waals surface area contributed by atoms with Crippen LogP contribution in [0.3, 0.4) is 0 Å². The number of benzene rings is 1. The van der Waals surface area contributed by atoms with Crippen LogP contribution in [0.4, 0.5) is 0 Å². The number of aromatic nitrogens is 1. The Morgan fingerprint density at radius 3 is 2.93 bits per heavy atom. The molecule has 0 fully saturated rings. The van der Waals surface area contributed by atoms with Gasteiger partial charge in [0.25, 0.3) is 0 Å². The summed E-state index contributed by atoms with van der Waals surface area (Å²) in [4.78, 5) is 14.4. The van der Waals surface area contributed by atoms with Crippen molar-refractivity contribution in [3.8, 4) is 0 Å². The van der Waals surface area contributed by atoms with Crippen LogP contribution < -0.4 is 0 Å². The van der Waals surface area contributed by atoms with Gasteiger partial charge in [-0.1, -0.05) is 29.8 Å². The Hall–Kier alpha value is -1.63. The zero-order valence-corrected chi connectivity index (χ0v) is 7.95. The number of fused-ring (bicyclic) bond motifs is 1. The molecule has 0 bridgehead atoms. The Kier molecular flexibility index (Phi) is 2.32. The summed E-state index contributed by atoms with van der Waals surface area (Å²) in [5.74, 6) is 1.74. The minimum atomic E-state index is 0.421. The number of nitrogens with zero attached hydrogens (tertiary/aromatic N) is 1. The number of hydrogen-bond donors (Lipinski definition) is 0. The van der Waals surface area contributed by atoms with Crippen LogP contribution in [-0.2, 0) is 4.79 Å². The summed E-state index contributed by atoms with van der Waals surface area (Å²) < 4.78 is 0. The van der Waals surface area contributed by atoms with Crippen LogP contribution in [0.2, 0.25) is 5.15 Å². The van der Waals surface area contributed by atoms with Gasteiger partial charge in [0.1, 0.15) is 11.1 Å². The lowest BCUT2D eigenvalue weighted by molar-refractivity contribution is 0.570. The third-order valence-corrected chi connectivity index (χ3v) is 2.14. The molecule has 1 aromatic heterocycles. The molecule has 0 amide bonds. The summed E-state index contributed by atoms with van der Waals surface area (Å²) in [6, 6.07) is 9.17. The van der Waals surface area contributed by atoms with Crippen molar-refractivity contribution in [2.75, 3.05) is 0 Å². The topological polar surface area (TPSA) is 30.0 Å². The van der Waals surface area contributed by atoms with Crippen molar-refractivity contribution in [1.82, 2.24) is 4.98 Å². The second-order valence-corrected chi connectivity index (χ2v) is 3.20. The molecule has 3 heteroatoms. The molecule has 0 radical (unpaired) electrons. The van der Waals surface area contributed by atoms with Crippen molar-refractivity contribution in [1.29, 1.82) is 0 Å². The average Bonchev–Trinajstić information content (AvgIpc) is 2.19. The number of rotatable bonds is 1. The summed E-state index contributed by atoms with van der Waals surface area (Å²) in [6.07, 6.45) is 1.35. The first-order chi connectivity index (χ1) is 6.81. The van der Waals surface area contributed by atoms with Gasteiger partial charge in [-0.2, -0.15) is 0 Å². The van der Waals surface area contributed by atoms with Gasteiger partial charge in [0.15, 0.2) is 0 Å². The molecule has 2 aromatic rings. The van der Waals surface area contributed by atoms with Gasteiger partial charge in [-0.05, 0) is 12.1 Å². The fourth-order valence-corrected chi connectivity index (χ4v) is 1.47. The van der Waals surface area contributed by atoms with Crippen molar-refractivity contribution in [3.63, 3.8) is 0 Å². The highest BCUT2D eigenvalue weighted by Gasteiger charge is 2.00. The van der Waals surface area contributed by atoms with Gasteiger partial charge in [0.2, 0.25) is 0 Å². The largest absolute Gasteiger partial charge is 0.235 e. The van der Waals surface area contributed by atoms with E-state index in [1.54, 1.807) is 18.1 Å². The number of hydrogen-bond acceptors (Lipinski definition) is 2. The first-order valence-electron chi connectivity index (χ1n) is 4.07. The van der Waals surface area contributed by atoms with E-state index in [0.29, 0.717) is 5.15 Å². The molecule has 1 aromatic carbocycles. The fourth-order valence-electron chi connectivity index (χ4n) is 1.33. The molecule has 2 rings (SSSR count). The van der Waals surface area contributed by atoms with Crippen molar-refractivity contribution in [2.45, 2.75) is 0 Å². The molecule has 1 heterocycles. The second-order valence-electron chi connectivity index (χ2n) is 2.82. The molecule has 2 nitrogen and oxygen atoms in total. The molecule has 0 aliphatic carbocycles. The Balaban J connectivity index is 2.83. The lowest BCUT2D eigenvalue weighted by Gasteiger charge is -2.00. The van der Waals surface area contributed by atoms with Crippen LogP contribution >= 0.6 is 11.6 Å². The molecule has 0 aliphatic rings. The molecule has 0 saturated carbocycles. The van der Waals surface area contributed by atoms with Crippen LogP contribution in [0.25, 0.3) is 17.0 Å². The van der Waals surface area contributed by atoms with E-state index in [9.17, 15) is 4.79 Å². The highest BCUT2D eigenvalue weighted by Crippen LogP contribution is 2.19. The van der Waals surface area contributed by atoms with Crippen molar-refractivity contribution >= 4 is 34.5 Å². The monoisotopic (exact) mass is 203 g/mol. The molecule has 0 N–H and O–H groups in total. The van der Waals surface area contributed by atoms with Crippen molar-refractivity contribution < 1.29 is 4.79 Å². The molecule has 0 atom stereocenters. The van der Waals surface area contributed by atoms with Gasteiger partial charge in [-0.3, -0.25) is 0 Å². The molecular weight excluding hydrogens is 198 g/mol. The molecule has 0 unspecified atom stereocenters. The predicted molar refractivity (Wildman–Crippen MR) is 56.9 cm³/mol. The van der Waals surface area contributed by atoms with Crippen LogP contribution in [0, 0.1) is 0 Å². The number of para-hydroxylation sites is 1. The molecule has 0 spiro atoms. The van der Waals surface area contributed by atoms with Gasteiger partial charge in [-0.25, -0.2) is 9.78 Å². The normalized spacial score (nSPS) is 9.79. The third kappa shape index (κ3) is 1.53. The minimum Gasteiger partial charge on any atom is -0.235 e. The maximum Gasteiger partial charge on any atom is 0.129 e. The Labute approximate surface area is 85.8 Å². The maximum atomic E-state index is 10.3. The molecule has 68 valence electrons. The summed E-state index contributed by atoms with van der Waals surface area (Å²) in [6.45, 7) is 0. The van der Waals surface area contributed by atoms with Gasteiger partial charge in [-0.15, -0.1) is 0 Å². The Morgan fingerprint density at radius 1 is 1.29 bits per heavy atom. The average molecular weight is 204 g/mol. The molecule has 0 aliphatic heterocycles. The van der Waals surface area contributed by atoms with Crippen LogP contribution in [-0.4, -0.2) is 10.9 Å². The molecule has 0 saturated heterocycles. The Morgan fingerprint density at radius 2 is 2.14 bits per heavy atom. The summed E-state index contributed by atoms with van der Waals surface area (Å²) in [7, 11) is 0. The maximum absolute atomic E-state index is 10.3. The van der Waals surface area contributed by atoms with E-state index < -0.39 is 0 Å². The van der Waals surface area contributed by atoms with Gasteiger partial charge in [0.05, 0.1) is 5.52 Å². The smallest absolute Gasteiger partial charge is 0.129 e. The highest BCUT2D eigenvalue weighted by atomic mass is 35.5. The molecule has 14 heavy (non-hydrogen) atoms. The lowest BCUT2D eigenvalue weighted by Crippen LogP contribution is -1.83. The van der Waals surface area contributed by atoms with E-state index in [0.717, 1.165) is 16.5 Å². The summed E-state index contributed by atoms with van der Waals surface area (Å²) >= 11 is 5.77. The first kappa shape index (κ1) is 8.95. The highest BCUT2D eigenvalue weighted by molar-refractivity contribution is 6.29. The van der Waals surface area contributed by atoms with E-state index in [1.165, 1.54) is 6.08 Å². The molecular formula is C11H6ClNO. The zero-order valence-electron chi connectivity index (χ0n) is 7.20. The van der Waals surface area contributed by atoms with Crippen molar-refractivity contribution in [3.05, 3.63) is 41.0 Å². The quantitative estimate of drug-likeness (QED) is 0.527. The van der Waals surface area contributed by atoms with Gasteiger partial charge >= 0.3 is 0 Å². The van der Waals surface area contributed by atoms with E-state index in [-0.39, 0.29) is 0 Å². The summed E-state index contributed by atoms with van der Waals surface area (Å²) in [5, 5.41) is 1.38. The summed E-state index contributed by atoms with van der Waals surface area (Å²) in [5.41, 5.74) is 1.46. The van der Waals surface area contributed by atoms with E-state index in [1.807, 2.05) is 18.2 Å². The van der Waals surface area contributed by atoms with Crippen LogP contribution in [0.1, 0.15) is 5.56 Å². The number of carbonyl (C=O) groups excluding carboxylic acids is 1.